The van der Waals surface area contributed by atoms with E-state index >= 15 is 0 Å². The Labute approximate surface area is 143 Å². The Kier molecular flexibility index (Phi) is 4.90. The Bertz CT molecular complexity index is 813. The number of fused-ring (bicyclic) bond motifs is 1. The standard InChI is InChI=1S/C17H17N3O3S/c1-19(10-13-5-3-2-4-6-13)15(21)12-23-16(22)9-14-11-20-7-8-24-17(20)18-14/h2-8,11H,9-10,12H2,1H3. The number of carbonyl (C=O) groups excluding carboxylic acids is 2. The Morgan fingerprint density at radius 1 is 1.29 bits per heavy atom. The summed E-state index contributed by atoms with van der Waals surface area (Å²) in [6.45, 7) is 0.221. The number of aromatic nitrogens is 2. The van der Waals surface area contributed by atoms with Crippen LogP contribution in [0, 0.1) is 0 Å². The average Bonchev–Trinajstić information content (AvgIpc) is 3.14. The number of hydrogen-bond acceptors (Lipinski definition) is 5. The molecule has 0 bridgehead atoms. The van der Waals surface area contributed by atoms with Gasteiger partial charge in [-0.25, -0.2) is 4.98 Å². The van der Waals surface area contributed by atoms with Gasteiger partial charge in [0, 0.05) is 31.4 Å². The van der Waals surface area contributed by atoms with Gasteiger partial charge in [0.15, 0.2) is 11.6 Å². The molecule has 24 heavy (non-hydrogen) atoms. The summed E-state index contributed by atoms with van der Waals surface area (Å²) in [5.41, 5.74) is 1.66. The Hall–Kier alpha value is -2.67. The highest BCUT2D eigenvalue weighted by molar-refractivity contribution is 7.15. The molecule has 0 N–H and O–H groups in total. The molecule has 0 spiro atoms. The van der Waals surface area contributed by atoms with E-state index in [2.05, 4.69) is 4.98 Å². The Morgan fingerprint density at radius 3 is 2.83 bits per heavy atom. The summed E-state index contributed by atoms with van der Waals surface area (Å²) in [6, 6.07) is 9.65. The maximum absolute atomic E-state index is 12.0. The number of carbonyl (C=O) groups is 2. The highest BCUT2D eigenvalue weighted by Crippen LogP contribution is 2.12. The first-order chi connectivity index (χ1) is 11.6. The van der Waals surface area contributed by atoms with Crippen molar-refractivity contribution in [3.63, 3.8) is 0 Å². The maximum atomic E-state index is 12.0. The minimum atomic E-state index is -0.456. The molecule has 3 aromatic rings. The smallest absolute Gasteiger partial charge is 0.312 e. The maximum Gasteiger partial charge on any atom is 0.312 e. The molecule has 0 aliphatic rings. The summed E-state index contributed by atoms with van der Waals surface area (Å²) < 4.78 is 6.92. The fourth-order valence-corrected chi connectivity index (χ4v) is 2.98. The van der Waals surface area contributed by atoms with Crippen molar-refractivity contribution in [1.29, 1.82) is 0 Å². The van der Waals surface area contributed by atoms with E-state index < -0.39 is 5.97 Å². The molecule has 7 heteroatoms. The third-order valence-electron chi connectivity index (χ3n) is 3.51. The number of imidazole rings is 1. The molecule has 0 fully saturated rings. The van der Waals surface area contributed by atoms with Crippen molar-refractivity contribution in [3.8, 4) is 0 Å². The van der Waals surface area contributed by atoms with E-state index in [1.54, 1.807) is 13.2 Å². The minimum Gasteiger partial charge on any atom is -0.455 e. The van der Waals surface area contributed by atoms with Gasteiger partial charge >= 0.3 is 5.97 Å². The van der Waals surface area contributed by atoms with Gasteiger partial charge in [0.1, 0.15) is 0 Å². The second-order valence-corrected chi connectivity index (χ2v) is 6.27. The molecular weight excluding hydrogens is 326 g/mol. The lowest BCUT2D eigenvalue weighted by atomic mass is 10.2. The molecule has 2 aromatic heterocycles. The second kappa shape index (κ2) is 7.27. The van der Waals surface area contributed by atoms with Crippen molar-refractivity contribution < 1.29 is 14.3 Å². The first-order valence-electron chi connectivity index (χ1n) is 7.46. The van der Waals surface area contributed by atoms with Gasteiger partial charge in [0.05, 0.1) is 12.1 Å². The van der Waals surface area contributed by atoms with Gasteiger partial charge in [-0.3, -0.25) is 14.0 Å². The fraction of sp³-hybridized carbons (Fsp3) is 0.235. The zero-order valence-electron chi connectivity index (χ0n) is 13.2. The molecule has 3 rings (SSSR count). The quantitative estimate of drug-likeness (QED) is 0.643. The van der Waals surface area contributed by atoms with E-state index in [4.69, 9.17) is 4.74 Å². The third-order valence-corrected chi connectivity index (χ3v) is 4.28. The number of ether oxygens (including phenoxy) is 1. The van der Waals surface area contributed by atoms with E-state index in [9.17, 15) is 9.59 Å². The number of esters is 1. The first kappa shape index (κ1) is 16.2. The number of amides is 1. The van der Waals surface area contributed by atoms with Gasteiger partial charge in [-0.1, -0.05) is 30.3 Å². The summed E-state index contributed by atoms with van der Waals surface area (Å²) in [6.07, 6.45) is 3.73. The largest absolute Gasteiger partial charge is 0.455 e. The van der Waals surface area contributed by atoms with Crippen LogP contribution < -0.4 is 0 Å². The van der Waals surface area contributed by atoms with Crippen LogP contribution in [0.5, 0.6) is 0 Å². The second-order valence-electron chi connectivity index (χ2n) is 5.40. The molecule has 0 aliphatic heterocycles. The SMILES string of the molecule is CN(Cc1ccccc1)C(=O)COC(=O)Cc1cn2ccsc2n1. The predicted octanol–water partition coefficient (Wildman–Crippen LogP) is 2.14. The summed E-state index contributed by atoms with van der Waals surface area (Å²) in [5.74, 6) is -0.694. The molecule has 0 radical (unpaired) electrons. The average molecular weight is 343 g/mol. The molecule has 2 heterocycles. The lowest BCUT2D eigenvalue weighted by molar-refractivity contribution is -0.151. The number of benzene rings is 1. The molecule has 1 aromatic carbocycles. The molecule has 6 nitrogen and oxygen atoms in total. The van der Waals surface area contributed by atoms with E-state index in [1.165, 1.54) is 16.2 Å². The highest BCUT2D eigenvalue weighted by atomic mass is 32.1. The predicted molar refractivity (Wildman–Crippen MR) is 90.6 cm³/mol. The summed E-state index contributed by atoms with van der Waals surface area (Å²) in [7, 11) is 1.69. The van der Waals surface area contributed by atoms with Crippen LogP contribution in [0.2, 0.25) is 0 Å². The topological polar surface area (TPSA) is 63.9 Å². The summed E-state index contributed by atoms with van der Waals surface area (Å²) in [5, 5.41) is 1.92. The number of thiazole rings is 1. The summed E-state index contributed by atoms with van der Waals surface area (Å²) >= 11 is 1.50. The van der Waals surface area contributed by atoms with Crippen LogP contribution in [-0.4, -0.2) is 39.8 Å². The molecule has 0 aliphatic carbocycles. The fourth-order valence-electron chi connectivity index (χ4n) is 2.26. The van der Waals surface area contributed by atoms with E-state index in [-0.39, 0.29) is 18.9 Å². The van der Waals surface area contributed by atoms with Gasteiger partial charge in [0.25, 0.3) is 5.91 Å². The molecule has 0 saturated carbocycles. The van der Waals surface area contributed by atoms with Crippen LogP contribution in [0.25, 0.3) is 4.96 Å². The normalized spacial score (nSPS) is 10.7. The van der Waals surface area contributed by atoms with Crippen molar-refractivity contribution in [2.45, 2.75) is 13.0 Å². The van der Waals surface area contributed by atoms with E-state index in [1.807, 2.05) is 46.3 Å². The van der Waals surface area contributed by atoms with Gasteiger partial charge in [-0.05, 0) is 5.56 Å². The monoisotopic (exact) mass is 343 g/mol. The molecular formula is C17H17N3O3S. The number of hydrogen-bond donors (Lipinski definition) is 0. The van der Waals surface area contributed by atoms with E-state index in [0.29, 0.717) is 12.2 Å². The van der Waals surface area contributed by atoms with Crippen LogP contribution in [-0.2, 0) is 27.3 Å². The molecule has 0 unspecified atom stereocenters. The molecule has 124 valence electrons. The molecule has 0 saturated heterocycles. The lowest BCUT2D eigenvalue weighted by Gasteiger charge is -2.17. The van der Waals surface area contributed by atoms with Gasteiger partial charge in [-0.2, -0.15) is 0 Å². The number of nitrogens with zero attached hydrogens (tertiary/aromatic N) is 3. The number of likely N-dealkylation sites (N-methyl/N-ethyl adjacent to an activating group) is 1. The Balaban J connectivity index is 1.46. The van der Waals surface area contributed by atoms with Crippen molar-refractivity contribution >= 4 is 28.2 Å². The van der Waals surface area contributed by atoms with Gasteiger partial charge in [-0.15, -0.1) is 11.3 Å². The number of rotatable bonds is 6. The lowest BCUT2D eigenvalue weighted by Crippen LogP contribution is -2.31. The zero-order chi connectivity index (χ0) is 16.9. The van der Waals surface area contributed by atoms with Crippen LogP contribution in [0.4, 0.5) is 0 Å². The Morgan fingerprint density at radius 2 is 2.08 bits per heavy atom. The van der Waals surface area contributed by atoms with Crippen LogP contribution >= 0.6 is 11.3 Å². The molecule has 0 atom stereocenters. The zero-order valence-corrected chi connectivity index (χ0v) is 14.0. The van der Waals surface area contributed by atoms with E-state index in [0.717, 1.165) is 10.5 Å². The highest BCUT2D eigenvalue weighted by Gasteiger charge is 2.14. The van der Waals surface area contributed by atoms with Gasteiger partial charge in [0.2, 0.25) is 0 Å². The van der Waals surface area contributed by atoms with Crippen molar-refractivity contribution in [1.82, 2.24) is 14.3 Å². The van der Waals surface area contributed by atoms with Crippen LogP contribution in [0.15, 0.2) is 48.1 Å². The third kappa shape index (κ3) is 3.99. The summed E-state index contributed by atoms with van der Waals surface area (Å²) in [4.78, 5) is 30.6. The van der Waals surface area contributed by atoms with Crippen molar-refractivity contribution in [3.05, 3.63) is 59.4 Å². The molecule has 1 amide bonds. The first-order valence-corrected chi connectivity index (χ1v) is 8.34. The van der Waals surface area contributed by atoms with Crippen LogP contribution in [0.3, 0.4) is 0 Å². The van der Waals surface area contributed by atoms with Gasteiger partial charge < -0.3 is 9.64 Å². The van der Waals surface area contributed by atoms with Crippen LogP contribution in [0.1, 0.15) is 11.3 Å². The van der Waals surface area contributed by atoms with Crippen molar-refractivity contribution in [2.24, 2.45) is 0 Å². The minimum absolute atomic E-state index is 0.0596. The van der Waals surface area contributed by atoms with Crippen molar-refractivity contribution in [2.75, 3.05) is 13.7 Å².